The van der Waals surface area contributed by atoms with Gasteiger partial charge in [0, 0.05) is 26.2 Å². The molecular formula is C20H19F3N4O3S. The van der Waals surface area contributed by atoms with E-state index in [0.29, 0.717) is 36.4 Å². The average molecular weight is 452 g/mol. The lowest BCUT2D eigenvalue weighted by molar-refractivity contribution is -0.139. The fraction of sp³-hybridized carbons (Fsp3) is 0.300. The van der Waals surface area contributed by atoms with Crippen LogP contribution >= 0.6 is 0 Å². The first-order valence-corrected chi connectivity index (χ1v) is 11.0. The highest BCUT2D eigenvalue weighted by Crippen LogP contribution is 2.35. The molecule has 164 valence electrons. The van der Waals surface area contributed by atoms with Crippen molar-refractivity contribution in [3.8, 4) is 0 Å². The number of para-hydroxylation sites is 1. The van der Waals surface area contributed by atoms with Gasteiger partial charge in [-0.25, -0.2) is 13.4 Å². The minimum Gasteiger partial charge on any atom is -0.309 e. The van der Waals surface area contributed by atoms with Gasteiger partial charge in [-0.2, -0.15) is 17.5 Å². The predicted octanol–water partition coefficient (Wildman–Crippen LogP) is 2.45. The molecule has 0 spiro atoms. The van der Waals surface area contributed by atoms with Crippen molar-refractivity contribution in [1.82, 2.24) is 19.2 Å². The van der Waals surface area contributed by atoms with Crippen LogP contribution in [0.1, 0.15) is 11.4 Å². The molecule has 0 aliphatic carbocycles. The standard InChI is InChI=1S/C20H19F3N4O3S/c21-20(22,23)15-6-2-4-8-17(15)31(29,30)27-11-9-26(10-12-27)13-18-24-16-7-3-1-5-14(16)19(28)25-18/h1-8H,9-13H2,(H,24,25,28). The molecule has 1 fully saturated rings. The van der Waals surface area contributed by atoms with E-state index in [4.69, 9.17) is 0 Å². The number of aromatic nitrogens is 2. The normalized spacial score (nSPS) is 16.6. The Balaban J connectivity index is 1.49. The first kappa shape index (κ1) is 21.5. The lowest BCUT2D eigenvalue weighted by Crippen LogP contribution is -2.48. The van der Waals surface area contributed by atoms with Crippen LogP contribution in [0.4, 0.5) is 13.2 Å². The molecule has 0 atom stereocenters. The van der Waals surface area contributed by atoms with E-state index in [-0.39, 0.29) is 18.6 Å². The summed E-state index contributed by atoms with van der Waals surface area (Å²) in [5, 5.41) is 0.477. The van der Waals surface area contributed by atoms with Gasteiger partial charge in [0.25, 0.3) is 5.56 Å². The molecule has 11 heteroatoms. The van der Waals surface area contributed by atoms with Crippen LogP contribution in [0.15, 0.2) is 58.2 Å². The van der Waals surface area contributed by atoms with Crippen LogP contribution in [0.2, 0.25) is 0 Å². The summed E-state index contributed by atoms with van der Waals surface area (Å²) in [6, 6.07) is 11.1. The molecule has 0 amide bonds. The summed E-state index contributed by atoms with van der Waals surface area (Å²) in [6.45, 7) is 0.958. The lowest BCUT2D eigenvalue weighted by Gasteiger charge is -2.34. The van der Waals surface area contributed by atoms with Crippen LogP contribution < -0.4 is 5.56 Å². The third-order valence-electron chi connectivity index (χ3n) is 5.18. The van der Waals surface area contributed by atoms with Crippen molar-refractivity contribution in [2.24, 2.45) is 0 Å². The molecule has 1 N–H and O–H groups in total. The summed E-state index contributed by atoms with van der Waals surface area (Å²) >= 11 is 0. The number of sulfonamides is 1. The highest BCUT2D eigenvalue weighted by atomic mass is 32.2. The molecule has 0 radical (unpaired) electrons. The number of H-pyrrole nitrogens is 1. The van der Waals surface area contributed by atoms with Gasteiger partial charge in [0.1, 0.15) is 5.82 Å². The predicted molar refractivity (Wildman–Crippen MR) is 108 cm³/mol. The van der Waals surface area contributed by atoms with Crippen molar-refractivity contribution in [3.05, 3.63) is 70.3 Å². The zero-order valence-electron chi connectivity index (χ0n) is 16.3. The van der Waals surface area contributed by atoms with Crippen molar-refractivity contribution in [2.45, 2.75) is 17.6 Å². The summed E-state index contributed by atoms with van der Waals surface area (Å²) < 4.78 is 66.6. The van der Waals surface area contributed by atoms with Crippen molar-refractivity contribution in [1.29, 1.82) is 0 Å². The molecule has 3 aromatic rings. The molecule has 1 saturated heterocycles. The molecule has 1 aliphatic heterocycles. The number of rotatable bonds is 4. The second-order valence-electron chi connectivity index (χ2n) is 7.20. The zero-order valence-corrected chi connectivity index (χ0v) is 17.1. The number of halogens is 3. The molecular weight excluding hydrogens is 433 g/mol. The van der Waals surface area contributed by atoms with Gasteiger partial charge in [-0.15, -0.1) is 0 Å². The summed E-state index contributed by atoms with van der Waals surface area (Å²) in [5.41, 5.74) is -0.868. The van der Waals surface area contributed by atoms with Gasteiger partial charge in [0.15, 0.2) is 0 Å². The van der Waals surface area contributed by atoms with Crippen LogP contribution in [-0.2, 0) is 22.7 Å². The maximum atomic E-state index is 13.3. The first-order chi connectivity index (χ1) is 14.7. The number of fused-ring (bicyclic) bond motifs is 1. The largest absolute Gasteiger partial charge is 0.417 e. The molecule has 2 heterocycles. The Hall–Kier alpha value is -2.76. The van der Waals surface area contributed by atoms with Crippen molar-refractivity contribution in [2.75, 3.05) is 26.2 Å². The average Bonchev–Trinajstić information content (AvgIpc) is 2.74. The third-order valence-corrected chi connectivity index (χ3v) is 7.13. The highest BCUT2D eigenvalue weighted by Gasteiger charge is 2.39. The van der Waals surface area contributed by atoms with Crippen molar-refractivity contribution < 1.29 is 21.6 Å². The van der Waals surface area contributed by atoms with E-state index in [1.54, 1.807) is 24.3 Å². The molecule has 2 aromatic carbocycles. The van der Waals surface area contributed by atoms with Gasteiger partial charge in [0.2, 0.25) is 10.0 Å². The van der Waals surface area contributed by atoms with E-state index < -0.39 is 26.7 Å². The van der Waals surface area contributed by atoms with Gasteiger partial charge in [-0.3, -0.25) is 9.69 Å². The molecule has 1 aliphatic rings. The SMILES string of the molecule is O=c1[nH]c(CN2CCN(S(=O)(=O)c3ccccc3C(F)(F)F)CC2)nc2ccccc12. The van der Waals surface area contributed by atoms with Gasteiger partial charge in [-0.1, -0.05) is 24.3 Å². The van der Waals surface area contributed by atoms with E-state index in [9.17, 15) is 26.4 Å². The maximum absolute atomic E-state index is 13.3. The summed E-state index contributed by atoms with van der Waals surface area (Å²) in [7, 11) is -4.29. The fourth-order valence-electron chi connectivity index (χ4n) is 3.61. The first-order valence-electron chi connectivity index (χ1n) is 9.53. The Kier molecular flexibility index (Phi) is 5.58. The lowest BCUT2D eigenvalue weighted by atomic mass is 10.2. The number of benzene rings is 2. The van der Waals surface area contributed by atoms with Crippen molar-refractivity contribution >= 4 is 20.9 Å². The van der Waals surface area contributed by atoms with Crippen LogP contribution in [0.5, 0.6) is 0 Å². The van der Waals surface area contributed by atoms with Gasteiger partial charge in [0.05, 0.1) is 27.9 Å². The molecule has 7 nitrogen and oxygen atoms in total. The molecule has 4 rings (SSSR count). The monoisotopic (exact) mass is 452 g/mol. The Morgan fingerprint density at radius 2 is 1.61 bits per heavy atom. The Labute approximate surface area is 176 Å². The topological polar surface area (TPSA) is 86.4 Å². The molecule has 31 heavy (non-hydrogen) atoms. The smallest absolute Gasteiger partial charge is 0.309 e. The van der Waals surface area contributed by atoms with Crippen LogP contribution in [-0.4, -0.2) is 53.8 Å². The summed E-state index contributed by atoms with van der Waals surface area (Å²) in [5.74, 6) is 0.447. The maximum Gasteiger partial charge on any atom is 0.417 e. The number of aromatic amines is 1. The minimum absolute atomic E-state index is 0.0341. The quantitative estimate of drug-likeness (QED) is 0.657. The molecule has 0 unspecified atom stereocenters. The van der Waals surface area contributed by atoms with Gasteiger partial charge >= 0.3 is 6.18 Å². The van der Waals surface area contributed by atoms with Gasteiger partial charge < -0.3 is 4.98 Å². The Morgan fingerprint density at radius 1 is 0.968 bits per heavy atom. The molecule has 0 bridgehead atoms. The van der Waals surface area contributed by atoms with E-state index in [2.05, 4.69) is 9.97 Å². The van der Waals surface area contributed by atoms with E-state index in [0.717, 1.165) is 22.5 Å². The number of alkyl halides is 3. The van der Waals surface area contributed by atoms with Crippen LogP contribution in [0.25, 0.3) is 10.9 Å². The number of piperazine rings is 1. The number of nitrogens with zero attached hydrogens (tertiary/aromatic N) is 3. The number of hydrogen-bond acceptors (Lipinski definition) is 5. The molecule has 1 aromatic heterocycles. The highest BCUT2D eigenvalue weighted by molar-refractivity contribution is 7.89. The number of nitrogens with one attached hydrogen (secondary N) is 1. The second-order valence-corrected chi connectivity index (χ2v) is 9.11. The van der Waals surface area contributed by atoms with Crippen LogP contribution in [0.3, 0.4) is 0 Å². The Morgan fingerprint density at radius 3 is 2.32 bits per heavy atom. The van der Waals surface area contributed by atoms with E-state index >= 15 is 0 Å². The summed E-state index contributed by atoms with van der Waals surface area (Å²) in [6.07, 6.45) is -4.76. The van der Waals surface area contributed by atoms with E-state index in [1.165, 1.54) is 6.07 Å². The molecule has 0 saturated carbocycles. The van der Waals surface area contributed by atoms with Crippen molar-refractivity contribution in [3.63, 3.8) is 0 Å². The fourth-order valence-corrected chi connectivity index (χ4v) is 5.25. The number of hydrogen-bond donors (Lipinski definition) is 1. The van der Waals surface area contributed by atoms with E-state index in [1.807, 2.05) is 4.90 Å². The Bertz CT molecular complexity index is 1270. The third kappa shape index (κ3) is 4.34. The zero-order chi connectivity index (χ0) is 22.2. The van der Waals surface area contributed by atoms with Gasteiger partial charge in [-0.05, 0) is 24.3 Å². The summed E-state index contributed by atoms with van der Waals surface area (Å²) in [4.78, 5) is 20.5. The minimum atomic E-state index is -4.76. The van der Waals surface area contributed by atoms with Crippen LogP contribution in [0, 0.1) is 0 Å². The second kappa shape index (κ2) is 8.06.